The molecule has 10 nitrogen and oxygen atoms in total. The number of hydrogen-bond acceptors (Lipinski definition) is 6. The molecular formula is C36H48N4O6. The Hall–Kier alpha value is -3.76. The van der Waals surface area contributed by atoms with Crippen LogP contribution in [0.1, 0.15) is 103 Å². The van der Waals surface area contributed by atoms with Crippen molar-refractivity contribution in [3.05, 3.63) is 70.8 Å². The van der Waals surface area contributed by atoms with Crippen LogP contribution in [-0.2, 0) is 22.7 Å². The van der Waals surface area contributed by atoms with E-state index in [1.165, 1.54) is 12.1 Å². The van der Waals surface area contributed by atoms with Crippen LogP contribution in [0.5, 0.6) is 0 Å². The fourth-order valence-corrected chi connectivity index (χ4v) is 7.31. The average Bonchev–Trinajstić information content (AvgIpc) is 3.08. The second kappa shape index (κ2) is 15.2. The minimum absolute atomic E-state index is 0.0479. The maximum atomic E-state index is 13.9. The van der Waals surface area contributed by atoms with E-state index in [-0.39, 0.29) is 29.2 Å². The van der Waals surface area contributed by atoms with Gasteiger partial charge in [-0.1, -0.05) is 63.3 Å². The number of unbranched alkanes of at least 4 members (excludes halogenated alkanes) is 2. The van der Waals surface area contributed by atoms with E-state index in [2.05, 4.69) is 22.5 Å². The fraction of sp³-hybridized carbons (Fsp3) is 0.556. The van der Waals surface area contributed by atoms with Crippen molar-refractivity contribution in [1.82, 2.24) is 20.4 Å². The van der Waals surface area contributed by atoms with E-state index >= 15 is 0 Å². The van der Waals surface area contributed by atoms with Crippen molar-refractivity contribution in [2.45, 2.75) is 102 Å². The Kier molecular flexibility index (Phi) is 11.1. The molecule has 2 aromatic rings. The molecule has 1 aliphatic carbocycles. The van der Waals surface area contributed by atoms with Gasteiger partial charge in [0.2, 0.25) is 11.8 Å². The highest BCUT2D eigenvalue weighted by atomic mass is 16.4. The molecule has 2 aromatic carbocycles. The van der Waals surface area contributed by atoms with Crippen LogP contribution in [0.15, 0.2) is 48.5 Å². The fourth-order valence-electron chi connectivity index (χ4n) is 7.31. The van der Waals surface area contributed by atoms with E-state index < -0.39 is 23.7 Å². The quantitative estimate of drug-likeness (QED) is 0.258. The maximum absolute atomic E-state index is 13.9. The summed E-state index contributed by atoms with van der Waals surface area (Å²) in [5.74, 6) is -1.41. The summed E-state index contributed by atoms with van der Waals surface area (Å²) < 4.78 is 0. The predicted octanol–water partition coefficient (Wildman–Crippen LogP) is 4.11. The lowest BCUT2D eigenvalue weighted by Gasteiger charge is -2.52. The zero-order valence-corrected chi connectivity index (χ0v) is 26.9. The highest BCUT2D eigenvalue weighted by Gasteiger charge is 2.55. The van der Waals surface area contributed by atoms with E-state index in [1.54, 1.807) is 24.3 Å². The molecule has 10 heteroatoms. The van der Waals surface area contributed by atoms with Gasteiger partial charge in [0, 0.05) is 38.3 Å². The number of piperazine rings is 1. The number of aromatic carboxylic acids is 1. The number of piperidine rings is 1. The number of aliphatic hydroxyl groups is 1. The van der Waals surface area contributed by atoms with Crippen LogP contribution in [-0.4, -0.2) is 81.0 Å². The molecule has 2 atom stereocenters. The number of carbonyl (C=O) groups is 4. The molecule has 46 heavy (non-hydrogen) atoms. The van der Waals surface area contributed by atoms with Gasteiger partial charge in [-0.25, -0.2) is 4.79 Å². The number of hydrogen-bond donors (Lipinski definition) is 4. The summed E-state index contributed by atoms with van der Waals surface area (Å²) in [5, 5.41) is 26.1. The van der Waals surface area contributed by atoms with Crippen molar-refractivity contribution >= 4 is 23.7 Å². The first-order chi connectivity index (χ1) is 22.2. The molecule has 0 aromatic heterocycles. The highest BCUT2D eigenvalue weighted by molar-refractivity contribution is 6.00. The molecule has 248 valence electrons. The number of amides is 3. The molecular weight excluding hydrogens is 584 g/mol. The van der Waals surface area contributed by atoms with Gasteiger partial charge in [0.05, 0.1) is 11.7 Å². The normalized spacial score (nSPS) is 21.2. The van der Waals surface area contributed by atoms with Gasteiger partial charge in [-0.2, -0.15) is 0 Å². The summed E-state index contributed by atoms with van der Waals surface area (Å²) in [6.45, 7) is 4.93. The van der Waals surface area contributed by atoms with Gasteiger partial charge in [0.25, 0.3) is 5.91 Å². The topological polar surface area (TPSA) is 139 Å². The number of nitrogens with zero attached hydrogens (tertiary/aromatic N) is 2. The second-order valence-corrected chi connectivity index (χ2v) is 13.2. The zero-order valence-electron chi connectivity index (χ0n) is 26.9. The average molecular weight is 633 g/mol. The standard InChI is InChI=1S/C36H48N4O6/c1-2-3-7-20-40-33(43)30(31(41)27-8-5-4-6-9-27)38-35(46)36(40)18-21-39(22-19-36)24-26-12-14-28(15-13-26)32(42)37-23-25-10-16-29(17-11-25)34(44)45/h10-17,27,30-31,41H,2-9,18-24H2,1H3,(H,37,42)(H,38,46)(H,44,45)/t30-,31-/m1/s1. The molecule has 0 bridgehead atoms. The third kappa shape index (κ3) is 7.61. The van der Waals surface area contributed by atoms with Crippen molar-refractivity contribution in [2.75, 3.05) is 19.6 Å². The van der Waals surface area contributed by atoms with Gasteiger partial charge < -0.3 is 25.7 Å². The Labute approximate surface area is 271 Å². The van der Waals surface area contributed by atoms with Crippen LogP contribution in [0.4, 0.5) is 0 Å². The Morgan fingerprint density at radius 3 is 2.20 bits per heavy atom. The highest BCUT2D eigenvalue weighted by Crippen LogP contribution is 2.36. The lowest BCUT2D eigenvalue weighted by atomic mass is 9.78. The van der Waals surface area contributed by atoms with Crippen LogP contribution >= 0.6 is 0 Å². The first-order valence-corrected chi connectivity index (χ1v) is 16.9. The third-order valence-corrected chi connectivity index (χ3v) is 10.2. The van der Waals surface area contributed by atoms with Gasteiger partial charge in [-0.3, -0.25) is 19.3 Å². The first kappa shape index (κ1) is 33.6. The van der Waals surface area contributed by atoms with Gasteiger partial charge in [-0.15, -0.1) is 0 Å². The van der Waals surface area contributed by atoms with Crippen molar-refractivity contribution in [3.8, 4) is 0 Å². The van der Waals surface area contributed by atoms with Crippen molar-refractivity contribution in [2.24, 2.45) is 5.92 Å². The van der Waals surface area contributed by atoms with E-state index in [0.717, 1.165) is 62.5 Å². The van der Waals surface area contributed by atoms with Gasteiger partial charge in [-0.05, 0) is 73.4 Å². The molecule has 0 unspecified atom stereocenters. The maximum Gasteiger partial charge on any atom is 0.335 e. The SMILES string of the molecule is CCCCCN1C(=O)[C@@H]([C@H](O)C2CCCCC2)NC(=O)C12CCN(Cc1ccc(C(=O)NCc3ccc(C(=O)O)cc3)cc1)CC2. The summed E-state index contributed by atoms with van der Waals surface area (Å²) in [7, 11) is 0. The van der Waals surface area contributed by atoms with Crippen LogP contribution in [0.3, 0.4) is 0 Å². The van der Waals surface area contributed by atoms with Crippen molar-refractivity contribution in [1.29, 1.82) is 0 Å². The third-order valence-electron chi connectivity index (χ3n) is 10.2. The molecule has 3 amide bonds. The number of nitrogens with one attached hydrogen (secondary N) is 2. The van der Waals surface area contributed by atoms with E-state index in [0.29, 0.717) is 51.1 Å². The number of aliphatic hydroxyl groups excluding tert-OH is 1. The Bertz CT molecular complexity index is 1360. The van der Waals surface area contributed by atoms with Crippen LogP contribution < -0.4 is 10.6 Å². The number of carboxylic acids is 1. The van der Waals surface area contributed by atoms with Crippen LogP contribution in [0, 0.1) is 5.92 Å². The number of carbonyl (C=O) groups excluding carboxylic acids is 3. The molecule has 1 spiro atoms. The Morgan fingerprint density at radius 2 is 1.57 bits per heavy atom. The Morgan fingerprint density at radius 1 is 0.935 bits per heavy atom. The summed E-state index contributed by atoms with van der Waals surface area (Å²) in [5.41, 5.74) is 1.71. The summed E-state index contributed by atoms with van der Waals surface area (Å²) in [6.07, 6.45) is 8.13. The molecule has 0 radical (unpaired) electrons. The van der Waals surface area contributed by atoms with Gasteiger partial charge in [0.15, 0.2) is 0 Å². The van der Waals surface area contributed by atoms with E-state index in [1.807, 2.05) is 17.0 Å². The number of benzene rings is 2. The molecule has 1 saturated carbocycles. The molecule has 3 fully saturated rings. The first-order valence-electron chi connectivity index (χ1n) is 16.9. The summed E-state index contributed by atoms with van der Waals surface area (Å²) >= 11 is 0. The lowest BCUT2D eigenvalue weighted by molar-refractivity contribution is -0.166. The van der Waals surface area contributed by atoms with Gasteiger partial charge in [0.1, 0.15) is 11.6 Å². The van der Waals surface area contributed by atoms with Crippen molar-refractivity contribution < 1.29 is 29.4 Å². The molecule has 5 rings (SSSR count). The number of carboxylic acid groups (broad SMARTS) is 1. The van der Waals surface area contributed by atoms with E-state index in [4.69, 9.17) is 5.11 Å². The molecule has 2 heterocycles. The smallest absolute Gasteiger partial charge is 0.335 e. The Balaban J connectivity index is 1.17. The van der Waals surface area contributed by atoms with Crippen molar-refractivity contribution in [3.63, 3.8) is 0 Å². The molecule has 2 aliphatic heterocycles. The van der Waals surface area contributed by atoms with Gasteiger partial charge >= 0.3 is 5.97 Å². The number of likely N-dealkylation sites (tertiary alicyclic amines) is 1. The lowest BCUT2D eigenvalue weighted by Crippen LogP contribution is -2.75. The second-order valence-electron chi connectivity index (χ2n) is 13.2. The number of rotatable bonds is 12. The van der Waals surface area contributed by atoms with Crippen LogP contribution in [0.2, 0.25) is 0 Å². The summed E-state index contributed by atoms with van der Waals surface area (Å²) in [6, 6.07) is 13.0. The van der Waals surface area contributed by atoms with E-state index in [9.17, 15) is 24.3 Å². The minimum atomic E-state index is -0.988. The largest absolute Gasteiger partial charge is 0.478 e. The summed E-state index contributed by atoms with van der Waals surface area (Å²) in [4.78, 5) is 55.6. The minimum Gasteiger partial charge on any atom is -0.478 e. The molecule has 4 N–H and O–H groups in total. The van der Waals surface area contributed by atoms with Crippen LogP contribution in [0.25, 0.3) is 0 Å². The molecule has 2 saturated heterocycles. The molecule has 3 aliphatic rings. The zero-order chi connectivity index (χ0) is 32.7. The predicted molar refractivity (Wildman–Crippen MR) is 174 cm³/mol. The monoisotopic (exact) mass is 632 g/mol.